The molecule has 0 radical (unpaired) electrons. The fourth-order valence-electron chi connectivity index (χ4n) is 3.20. The molecule has 0 aliphatic heterocycles. The van der Waals surface area contributed by atoms with Crippen LogP contribution >= 0.6 is 0 Å². The van der Waals surface area contributed by atoms with Crippen LogP contribution < -0.4 is 14.8 Å². The number of anilines is 2. The van der Waals surface area contributed by atoms with E-state index in [0.29, 0.717) is 12.1 Å². The van der Waals surface area contributed by atoms with Crippen LogP contribution in [0.3, 0.4) is 0 Å². The van der Waals surface area contributed by atoms with Gasteiger partial charge in [0, 0.05) is 11.9 Å². The van der Waals surface area contributed by atoms with Crippen LogP contribution in [0.2, 0.25) is 0 Å². The van der Waals surface area contributed by atoms with Crippen LogP contribution in [0.25, 0.3) is 0 Å². The van der Waals surface area contributed by atoms with Gasteiger partial charge in [-0.1, -0.05) is 19.8 Å². The first-order valence-electron chi connectivity index (χ1n) is 10.1. The lowest BCUT2D eigenvalue weighted by molar-refractivity contribution is -0.139. The molecule has 1 heterocycles. The van der Waals surface area contributed by atoms with E-state index in [2.05, 4.69) is 15.3 Å². The van der Waals surface area contributed by atoms with E-state index in [4.69, 9.17) is 9.47 Å². The van der Waals surface area contributed by atoms with Gasteiger partial charge >= 0.3 is 6.18 Å². The largest absolute Gasteiger partial charge is 0.490 e. The van der Waals surface area contributed by atoms with Gasteiger partial charge in [-0.15, -0.1) is 0 Å². The highest BCUT2D eigenvalue weighted by molar-refractivity contribution is 5.55. The van der Waals surface area contributed by atoms with Gasteiger partial charge in [0.15, 0.2) is 0 Å². The molecule has 0 unspecified atom stereocenters. The fraction of sp³-hybridized carbons (Fsp3) is 0.524. The molecule has 1 aromatic carbocycles. The number of hydrogen-bond acceptors (Lipinski definition) is 5. The molecule has 1 saturated carbocycles. The van der Waals surface area contributed by atoms with Crippen LogP contribution in [0.1, 0.15) is 57.4 Å². The van der Waals surface area contributed by atoms with Crippen molar-refractivity contribution in [2.45, 2.75) is 64.1 Å². The van der Waals surface area contributed by atoms with Crippen molar-refractivity contribution in [2.24, 2.45) is 0 Å². The number of nitrogens with one attached hydrogen (secondary N) is 1. The SMILES string of the molecule is CCCCCOc1nc(Nc2ccc(OC3CCCC3)cc2)ncc1C(F)(F)F. The number of hydrogen-bond donors (Lipinski definition) is 1. The molecule has 29 heavy (non-hydrogen) atoms. The van der Waals surface area contributed by atoms with Crippen molar-refractivity contribution in [3.8, 4) is 11.6 Å². The minimum Gasteiger partial charge on any atom is -0.490 e. The van der Waals surface area contributed by atoms with E-state index >= 15 is 0 Å². The Morgan fingerprint density at radius 3 is 2.48 bits per heavy atom. The van der Waals surface area contributed by atoms with Crippen molar-refractivity contribution in [1.29, 1.82) is 0 Å². The van der Waals surface area contributed by atoms with Gasteiger partial charge < -0.3 is 14.8 Å². The highest BCUT2D eigenvalue weighted by Crippen LogP contribution is 2.35. The van der Waals surface area contributed by atoms with Gasteiger partial charge in [0.05, 0.1) is 12.7 Å². The van der Waals surface area contributed by atoms with E-state index < -0.39 is 17.6 Å². The summed E-state index contributed by atoms with van der Waals surface area (Å²) >= 11 is 0. The number of benzene rings is 1. The topological polar surface area (TPSA) is 56.3 Å². The maximum absolute atomic E-state index is 13.2. The molecule has 1 aliphatic carbocycles. The summed E-state index contributed by atoms with van der Waals surface area (Å²) in [6, 6.07) is 7.22. The Morgan fingerprint density at radius 1 is 1.10 bits per heavy atom. The molecule has 0 amide bonds. The van der Waals surface area contributed by atoms with E-state index in [-0.39, 0.29) is 18.7 Å². The Kier molecular flexibility index (Phi) is 7.17. The van der Waals surface area contributed by atoms with Crippen LogP contribution in [0, 0.1) is 0 Å². The second kappa shape index (κ2) is 9.80. The molecular formula is C21H26F3N3O2. The monoisotopic (exact) mass is 409 g/mol. The molecule has 1 N–H and O–H groups in total. The van der Waals surface area contributed by atoms with Gasteiger partial charge in [-0.05, 0) is 56.4 Å². The predicted octanol–water partition coefficient (Wildman–Crippen LogP) is 6.13. The fourth-order valence-corrected chi connectivity index (χ4v) is 3.20. The molecule has 0 bridgehead atoms. The number of halogens is 3. The van der Waals surface area contributed by atoms with Crippen molar-refractivity contribution < 1.29 is 22.6 Å². The molecule has 158 valence electrons. The minimum atomic E-state index is -4.57. The number of unbranched alkanes of at least 4 members (excludes halogenated alkanes) is 2. The third-order valence-electron chi connectivity index (χ3n) is 4.76. The van der Waals surface area contributed by atoms with Crippen molar-refractivity contribution >= 4 is 11.6 Å². The zero-order valence-corrected chi connectivity index (χ0v) is 16.5. The number of nitrogens with zero attached hydrogens (tertiary/aromatic N) is 2. The molecule has 3 rings (SSSR count). The van der Waals surface area contributed by atoms with Crippen molar-refractivity contribution in [1.82, 2.24) is 9.97 Å². The maximum Gasteiger partial charge on any atom is 0.423 e. The molecule has 0 spiro atoms. The summed E-state index contributed by atoms with van der Waals surface area (Å²) in [7, 11) is 0. The minimum absolute atomic E-state index is 0.0490. The van der Waals surface area contributed by atoms with Crippen molar-refractivity contribution in [3.63, 3.8) is 0 Å². The zero-order valence-electron chi connectivity index (χ0n) is 16.5. The highest BCUT2D eigenvalue weighted by atomic mass is 19.4. The van der Waals surface area contributed by atoms with Gasteiger partial charge in [0.1, 0.15) is 11.3 Å². The Balaban J connectivity index is 1.67. The van der Waals surface area contributed by atoms with Crippen LogP contribution in [0.5, 0.6) is 11.6 Å². The summed E-state index contributed by atoms with van der Waals surface area (Å²) in [5, 5.41) is 2.92. The Labute approximate surface area is 168 Å². The Hall–Kier alpha value is -2.51. The molecule has 5 nitrogen and oxygen atoms in total. The van der Waals surface area contributed by atoms with Gasteiger partial charge in [-0.2, -0.15) is 18.2 Å². The standard InChI is InChI=1S/C21H26F3N3O2/c1-2-3-6-13-28-19-18(21(22,23)24)14-25-20(27-19)26-15-9-11-17(12-10-15)29-16-7-4-5-8-16/h9-12,14,16H,2-8,13H2,1H3,(H,25,26,27). The normalized spacial score (nSPS) is 14.8. The number of alkyl halides is 3. The first-order valence-corrected chi connectivity index (χ1v) is 10.1. The van der Waals surface area contributed by atoms with E-state index in [1.165, 1.54) is 12.8 Å². The van der Waals surface area contributed by atoms with E-state index in [0.717, 1.165) is 37.6 Å². The molecule has 0 atom stereocenters. The van der Waals surface area contributed by atoms with Crippen LogP contribution in [-0.4, -0.2) is 22.7 Å². The average molecular weight is 409 g/mol. The Morgan fingerprint density at radius 2 is 1.83 bits per heavy atom. The second-order valence-electron chi connectivity index (χ2n) is 7.14. The zero-order chi connectivity index (χ0) is 20.7. The lowest BCUT2D eigenvalue weighted by Crippen LogP contribution is -2.13. The molecule has 1 aliphatic rings. The van der Waals surface area contributed by atoms with E-state index in [9.17, 15) is 13.2 Å². The summed E-state index contributed by atoms with van der Waals surface area (Å²) in [6.45, 7) is 2.19. The lowest BCUT2D eigenvalue weighted by atomic mass is 10.2. The number of rotatable bonds is 9. The maximum atomic E-state index is 13.2. The third kappa shape index (κ3) is 6.24. The summed E-state index contributed by atoms with van der Waals surface area (Å²) < 4.78 is 50.8. The summed E-state index contributed by atoms with van der Waals surface area (Å²) in [6.07, 6.45) is 3.47. The van der Waals surface area contributed by atoms with Crippen molar-refractivity contribution in [3.05, 3.63) is 36.0 Å². The Bertz CT molecular complexity index is 776. The summed E-state index contributed by atoms with van der Waals surface area (Å²) in [5.74, 6) is 0.371. The van der Waals surface area contributed by atoms with Gasteiger partial charge in [-0.3, -0.25) is 0 Å². The molecule has 0 saturated heterocycles. The highest BCUT2D eigenvalue weighted by Gasteiger charge is 2.36. The van der Waals surface area contributed by atoms with Crippen LogP contribution in [0.4, 0.5) is 24.8 Å². The quantitative estimate of drug-likeness (QED) is 0.505. The predicted molar refractivity (Wildman–Crippen MR) is 105 cm³/mol. The summed E-state index contributed by atoms with van der Waals surface area (Å²) in [5.41, 5.74) is -0.319. The smallest absolute Gasteiger partial charge is 0.423 e. The number of ether oxygens (including phenoxy) is 2. The third-order valence-corrected chi connectivity index (χ3v) is 4.76. The van der Waals surface area contributed by atoms with E-state index in [1.54, 1.807) is 12.1 Å². The molecule has 2 aromatic rings. The summed E-state index contributed by atoms with van der Waals surface area (Å²) in [4.78, 5) is 7.74. The molecule has 1 fully saturated rings. The first-order chi connectivity index (χ1) is 14.0. The number of aromatic nitrogens is 2. The van der Waals surface area contributed by atoms with Crippen LogP contribution in [0.15, 0.2) is 30.5 Å². The van der Waals surface area contributed by atoms with Gasteiger partial charge in [0.25, 0.3) is 0 Å². The van der Waals surface area contributed by atoms with Gasteiger partial charge in [0.2, 0.25) is 11.8 Å². The first kappa shape index (κ1) is 21.2. The molecular weight excluding hydrogens is 383 g/mol. The van der Waals surface area contributed by atoms with E-state index in [1.807, 2.05) is 19.1 Å². The average Bonchev–Trinajstić information content (AvgIpc) is 3.19. The van der Waals surface area contributed by atoms with Gasteiger partial charge in [-0.25, -0.2) is 4.98 Å². The second-order valence-corrected chi connectivity index (χ2v) is 7.14. The van der Waals surface area contributed by atoms with Crippen molar-refractivity contribution in [2.75, 3.05) is 11.9 Å². The van der Waals surface area contributed by atoms with Crippen LogP contribution in [-0.2, 0) is 6.18 Å². The molecule has 8 heteroatoms. The lowest BCUT2D eigenvalue weighted by Gasteiger charge is -2.15. The molecule has 1 aromatic heterocycles.